The highest BCUT2D eigenvalue weighted by Gasteiger charge is 2.22. The van der Waals surface area contributed by atoms with E-state index in [0.717, 1.165) is 24.0 Å². The number of benzene rings is 2. The number of carboxylic acids is 1. The van der Waals surface area contributed by atoms with Crippen LogP contribution in [-0.4, -0.2) is 11.1 Å². The molecule has 4 nitrogen and oxygen atoms in total. The highest BCUT2D eigenvalue weighted by atomic mass is 16.4. The van der Waals surface area contributed by atoms with Crippen LogP contribution in [0.15, 0.2) is 57.7 Å². The van der Waals surface area contributed by atoms with Gasteiger partial charge in [0.2, 0.25) is 0 Å². The summed E-state index contributed by atoms with van der Waals surface area (Å²) in [6.07, 6.45) is 4.43. The Morgan fingerprint density at radius 2 is 1.88 bits per heavy atom. The molecular formula is C21H16O4. The summed E-state index contributed by atoms with van der Waals surface area (Å²) in [7, 11) is 0. The van der Waals surface area contributed by atoms with Crippen molar-refractivity contribution in [2.45, 2.75) is 19.3 Å². The molecule has 2 aromatic carbocycles. The van der Waals surface area contributed by atoms with E-state index in [2.05, 4.69) is 6.08 Å². The molecule has 0 atom stereocenters. The van der Waals surface area contributed by atoms with Crippen molar-refractivity contribution < 1.29 is 14.3 Å². The molecule has 0 unspecified atom stereocenters. The van der Waals surface area contributed by atoms with Gasteiger partial charge in [0.25, 0.3) is 0 Å². The number of fused-ring (bicyclic) bond motifs is 2. The van der Waals surface area contributed by atoms with Gasteiger partial charge >= 0.3 is 5.97 Å². The first kappa shape index (κ1) is 15.4. The number of allylic oxidation sites excluding steroid dienone is 1. The van der Waals surface area contributed by atoms with E-state index in [9.17, 15) is 9.59 Å². The van der Waals surface area contributed by atoms with Gasteiger partial charge in [0, 0.05) is 5.56 Å². The SMILES string of the molecule is O=C(O)c1ccc2oc3c(c(=O)c2c1)CCCC3=Cc1ccccc1. The van der Waals surface area contributed by atoms with Crippen LogP contribution in [0.25, 0.3) is 22.6 Å². The van der Waals surface area contributed by atoms with Crippen molar-refractivity contribution in [1.82, 2.24) is 0 Å². The third-order valence-electron chi connectivity index (χ3n) is 4.54. The van der Waals surface area contributed by atoms with Gasteiger partial charge in [0.05, 0.1) is 10.9 Å². The third-order valence-corrected chi connectivity index (χ3v) is 4.54. The van der Waals surface area contributed by atoms with Crippen LogP contribution in [0, 0.1) is 0 Å². The quantitative estimate of drug-likeness (QED) is 0.757. The highest BCUT2D eigenvalue weighted by molar-refractivity contribution is 5.93. The van der Waals surface area contributed by atoms with E-state index < -0.39 is 5.97 Å². The molecule has 1 aliphatic rings. The smallest absolute Gasteiger partial charge is 0.335 e. The predicted molar refractivity (Wildman–Crippen MR) is 96.7 cm³/mol. The maximum Gasteiger partial charge on any atom is 0.335 e. The Morgan fingerprint density at radius 3 is 2.64 bits per heavy atom. The third kappa shape index (κ3) is 2.76. The summed E-state index contributed by atoms with van der Waals surface area (Å²) in [6, 6.07) is 14.4. The number of hydrogen-bond acceptors (Lipinski definition) is 3. The molecule has 1 N–H and O–H groups in total. The van der Waals surface area contributed by atoms with Gasteiger partial charge in [-0.1, -0.05) is 30.3 Å². The zero-order chi connectivity index (χ0) is 17.4. The minimum absolute atomic E-state index is 0.0932. The van der Waals surface area contributed by atoms with E-state index in [0.29, 0.717) is 28.7 Å². The molecule has 0 aliphatic heterocycles. The largest absolute Gasteiger partial charge is 0.478 e. The molecule has 0 fully saturated rings. The van der Waals surface area contributed by atoms with Gasteiger partial charge in [0.1, 0.15) is 11.3 Å². The van der Waals surface area contributed by atoms with E-state index in [1.165, 1.54) is 12.1 Å². The maximum absolute atomic E-state index is 12.9. The Balaban J connectivity index is 1.92. The van der Waals surface area contributed by atoms with Crippen molar-refractivity contribution in [3.8, 4) is 0 Å². The number of aromatic carboxylic acids is 1. The molecule has 25 heavy (non-hydrogen) atoms. The summed E-state index contributed by atoms with van der Waals surface area (Å²) in [6.45, 7) is 0. The van der Waals surface area contributed by atoms with E-state index in [1.807, 2.05) is 30.3 Å². The molecule has 0 saturated carbocycles. The van der Waals surface area contributed by atoms with Crippen LogP contribution in [0.4, 0.5) is 0 Å². The van der Waals surface area contributed by atoms with E-state index in [-0.39, 0.29) is 11.0 Å². The Hall–Kier alpha value is -3.14. The van der Waals surface area contributed by atoms with Gasteiger partial charge in [-0.2, -0.15) is 0 Å². The highest BCUT2D eigenvalue weighted by Crippen LogP contribution is 2.33. The molecule has 1 heterocycles. The van der Waals surface area contributed by atoms with E-state index >= 15 is 0 Å². The van der Waals surface area contributed by atoms with Crippen molar-refractivity contribution in [3.05, 3.63) is 81.2 Å². The van der Waals surface area contributed by atoms with Gasteiger partial charge in [-0.05, 0) is 54.7 Å². The van der Waals surface area contributed by atoms with E-state index in [4.69, 9.17) is 9.52 Å². The van der Waals surface area contributed by atoms with Crippen LogP contribution in [0.5, 0.6) is 0 Å². The van der Waals surface area contributed by atoms with Crippen LogP contribution >= 0.6 is 0 Å². The van der Waals surface area contributed by atoms with Crippen LogP contribution in [-0.2, 0) is 6.42 Å². The van der Waals surface area contributed by atoms with Gasteiger partial charge < -0.3 is 9.52 Å². The average Bonchev–Trinajstić information content (AvgIpc) is 2.63. The molecule has 0 radical (unpaired) electrons. The zero-order valence-electron chi connectivity index (χ0n) is 13.5. The number of hydrogen-bond donors (Lipinski definition) is 1. The molecule has 4 rings (SSSR count). The number of carboxylic acid groups (broad SMARTS) is 1. The number of rotatable bonds is 2. The molecule has 0 amide bonds. The predicted octanol–water partition coefficient (Wildman–Crippen LogP) is 4.37. The lowest BCUT2D eigenvalue weighted by Gasteiger charge is -2.18. The van der Waals surface area contributed by atoms with Gasteiger partial charge in [-0.25, -0.2) is 4.79 Å². The van der Waals surface area contributed by atoms with Crippen LogP contribution in [0.3, 0.4) is 0 Å². The van der Waals surface area contributed by atoms with Crippen molar-refractivity contribution in [2.24, 2.45) is 0 Å². The molecule has 3 aromatic rings. The minimum Gasteiger partial charge on any atom is -0.478 e. The summed E-state index contributed by atoms with van der Waals surface area (Å²) >= 11 is 0. The van der Waals surface area contributed by atoms with Crippen LogP contribution in [0.2, 0.25) is 0 Å². The molecule has 124 valence electrons. The second-order valence-electron chi connectivity index (χ2n) is 6.19. The van der Waals surface area contributed by atoms with Crippen LogP contribution < -0.4 is 5.43 Å². The van der Waals surface area contributed by atoms with E-state index in [1.54, 1.807) is 6.07 Å². The molecule has 0 bridgehead atoms. The fraction of sp³-hybridized carbons (Fsp3) is 0.143. The lowest BCUT2D eigenvalue weighted by atomic mass is 9.90. The second-order valence-corrected chi connectivity index (χ2v) is 6.19. The molecular weight excluding hydrogens is 316 g/mol. The topological polar surface area (TPSA) is 67.5 Å². The van der Waals surface area contributed by atoms with Gasteiger partial charge in [-0.3, -0.25) is 4.79 Å². The van der Waals surface area contributed by atoms with Gasteiger partial charge in [-0.15, -0.1) is 0 Å². The molecule has 4 heteroatoms. The Morgan fingerprint density at radius 1 is 1.08 bits per heavy atom. The summed E-state index contributed by atoms with van der Waals surface area (Å²) in [5.74, 6) is -0.417. The maximum atomic E-state index is 12.9. The summed E-state index contributed by atoms with van der Waals surface area (Å²) < 4.78 is 6.02. The molecule has 0 spiro atoms. The molecule has 1 aromatic heterocycles. The average molecular weight is 332 g/mol. The first-order chi connectivity index (χ1) is 12.1. The molecule has 1 aliphatic carbocycles. The summed E-state index contributed by atoms with van der Waals surface area (Å²) in [5, 5.41) is 9.47. The Labute approximate surface area is 144 Å². The second kappa shape index (κ2) is 6.06. The fourth-order valence-electron chi connectivity index (χ4n) is 3.31. The molecule has 0 saturated heterocycles. The Bertz CT molecular complexity index is 1060. The fourth-order valence-corrected chi connectivity index (χ4v) is 3.31. The summed E-state index contributed by atoms with van der Waals surface area (Å²) in [5.41, 5.74) is 3.11. The minimum atomic E-state index is -1.05. The number of carbonyl (C=O) groups is 1. The first-order valence-electron chi connectivity index (χ1n) is 8.22. The monoisotopic (exact) mass is 332 g/mol. The summed E-state index contributed by atoms with van der Waals surface area (Å²) in [4.78, 5) is 24.0. The first-order valence-corrected chi connectivity index (χ1v) is 8.22. The van der Waals surface area contributed by atoms with Gasteiger partial charge in [0.15, 0.2) is 5.43 Å². The van der Waals surface area contributed by atoms with Crippen molar-refractivity contribution >= 4 is 28.6 Å². The lowest BCUT2D eigenvalue weighted by Crippen LogP contribution is -2.16. The zero-order valence-corrected chi connectivity index (χ0v) is 13.5. The van der Waals surface area contributed by atoms with Crippen molar-refractivity contribution in [3.63, 3.8) is 0 Å². The standard InChI is InChI=1S/C21H16O4/c22-19-16-8-4-7-14(11-13-5-2-1-3-6-13)20(16)25-18-10-9-15(21(23)24)12-17(18)19/h1-3,5-6,9-12H,4,7-8H2,(H,23,24). The normalized spacial score (nSPS) is 15.3. The van der Waals surface area contributed by atoms with Crippen molar-refractivity contribution in [1.29, 1.82) is 0 Å². The van der Waals surface area contributed by atoms with Crippen LogP contribution in [0.1, 0.15) is 40.1 Å². The van der Waals surface area contributed by atoms with Crippen molar-refractivity contribution in [2.75, 3.05) is 0 Å². The lowest BCUT2D eigenvalue weighted by molar-refractivity contribution is 0.0697. The Kier molecular flexibility index (Phi) is 3.73.